The van der Waals surface area contributed by atoms with Gasteiger partial charge in [-0.25, -0.2) is 0 Å². The predicted octanol–water partition coefficient (Wildman–Crippen LogP) is 3.48. The highest BCUT2D eigenvalue weighted by molar-refractivity contribution is 5.84. The summed E-state index contributed by atoms with van der Waals surface area (Å²) in [5.41, 5.74) is 2.47. The van der Waals surface area contributed by atoms with E-state index in [2.05, 4.69) is 40.4 Å². The Hall–Kier alpha value is -2.26. The molecule has 2 aromatic heterocycles. The van der Waals surface area contributed by atoms with Crippen molar-refractivity contribution in [2.24, 2.45) is 0 Å². The summed E-state index contributed by atoms with van der Waals surface area (Å²) < 4.78 is 0. The summed E-state index contributed by atoms with van der Waals surface area (Å²) in [7, 11) is 0. The molecule has 0 bridgehead atoms. The van der Waals surface area contributed by atoms with Gasteiger partial charge in [0.05, 0.1) is 0 Å². The number of hydrogen-bond donors (Lipinski definition) is 1. The molecule has 0 aliphatic carbocycles. The maximum Gasteiger partial charge on any atom is 0.0346 e. The summed E-state index contributed by atoms with van der Waals surface area (Å²) in [4.78, 5) is 8.36. The summed E-state index contributed by atoms with van der Waals surface area (Å²) in [6, 6.07) is 12.7. The summed E-state index contributed by atoms with van der Waals surface area (Å²) in [6.07, 6.45) is 7.50. The van der Waals surface area contributed by atoms with Crippen LogP contribution in [0.2, 0.25) is 0 Å². The fraction of sp³-hybridized carbons (Fsp3) is 0.176. The van der Waals surface area contributed by atoms with Gasteiger partial charge in [0.1, 0.15) is 0 Å². The van der Waals surface area contributed by atoms with Crippen LogP contribution in [0.4, 0.5) is 0 Å². The molecule has 0 spiro atoms. The number of aromatic nitrogens is 2. The zero-order valence-corrected chi connectivity index (χ0v) is 11.5. The van der Waals surface area contributed by atoms with Crippen molar-refractivity contribution in [3.8, 4) is 0 Å². The van der Waals surface area contributed by atoms with Gasteiger partial charge < -0.3 is 5.32 Å². The standard InChI is InChI=1S/C17H17N3/c1-13(14-6-8-18-9-7-14)20-12-16-11-19-10-15-4-2-3-5-17(15)16/h2-11,13,20H,12H2,1H3/t13-/m1/s1. The Balaban J connectivity index is 1.77. The smallest absolute Gasteiger partial charge is 0.0346 e. The van der Waals surface area contributed by atoms with Gasteiger partial charge in [-0.3, -0.25) is 9.97 Å². The van der Waals surface area contributed by atoms with Crippen LogP contribution in [-0.2, 0) is 6.54 Å². The van der Waals surface area contributed by atoms with E-state index in [4.69, 9.17) is 0 Å². The summed E-state index contributed by atoms with van der Waals surface area (Å²) in [6.45, 7) is 2.96. The molecule has 0 saturated heterocycles. The molecule has 100 valence electrons. The van der Waals surface area contributed by atoms with E-state index in [0.29, 0.717) is 0 Å². The van der Waals surface area contributed by atoms with E-state index < -0.39 is 0 Å². The minimum atomic E-state index is 0.289. The van der Waals surface area contributed by atoms with E-state index >= 15 is 0 Å². The second-order valence-corrected chi connectivity index (χ2v) is 4.90. The van der Waals surface area contributed by atoms with Crippen molar-refractivity contribution >= 4 is 10.8 Å². The molecule has 0 fully saturated rings. The van der Waals surface area contributed by atoms with Crippen LogP contribution in [0.1, 0.15) is 24.1 Å². The van der Waals surface area contributed by atoms with Gasteiger partial charge in [-0.15, -0.1) is 0 Å². The van der Waals surface area contributed by atoms with Crippen molar-refractivity contribution in [2.75, 3.05) is 0 Å². The Morgan fingerprint density at radius 3 is 2.65 bits per heavy atom. The Bertz CT molecular complexity index is 689. The molecule has 0 amide bonds. The summed E-state index contributed by atoms with van der Waals surface area (Å²) >= 11 is 0. The fourth-order valence-corrected chi connectivity index (χ4v) is 2.35. The van der Waals surface area contributed by atoms with Crippen LogP contribution < -0.4 is 5.32 Å². The normalized spacial score (nSPS) is 12.4. The second-order valence-electron chi connectivity index (χ2n) is 4.90. The number of rotatable bonds is 4. The average Bonchev–Trinajstić information content (AvgIpc) is 2.53. The molecule has 1 N–H and O–H groups in total. The number of hydrogen-bond acceptors (Lipinski definition) is 3. The van der Waals surface area contributed by atoms with Crippen molar-refractivity contribution in [1.29, 1.82) is 0 Å². The maximum absolute atomic E-state index is 4.31. The van der Waals surface area contributed by atoms with E-state index in [1.165, 1.54) is 21.9 Å². The third kappa shape index (κ3) is 2.68. The Morgan fingerprint density at radius 2 is 1.80 bits per heavy atom. The molecule has 0 aliphatic heterocycles. The van der Waals surface area contributed by atoms with E-state index in [0.717, 1.165) is 6.54 Å². The highest BCUT2D eigenvalue weighted by Gasteiger charge is 2.06. The van der Waals surface area contributed by atoms with Gasteiger partial charge in [0, 0.05) is 42.8 Å². The fourth-order valence-electron chi connectivity index (χ4n) is 2.35. The maximum atomic E-state index is 4.31. The number of nitrogens with zero attached hydrogens (tertiary/aromatic N) is 2. The molecule has 3 heteroatoms. The highest BCUT2D eigenvalue weighted by Crippen LogP contribution is 2.18. The molecule has 0 unspecified atom stereocenters. The number of pyridine rings is 2. The molecule has 3 rings (SSSR count). The predicted molar refractivity (Wildman–Crippen MR) is 81.2 cm³/mol. The lowest BCUT2D eigenvalue weighted by molar-refractivity contribution is 0.575. The molecule has 1 aromatic carbocycles. The molecular weight excluding hydrogens is 246 g/mol. The van der Waals surface area contributed by atoms with Crippen molar-refractivity contribution in [3.05, 3.63) is 72.3 Å². The van der Waals surface area contributed by atoms with Crippen molar-refractivity contribution < 1.29 is 0 Å². The van der Waals surface area contributed by atoms with Crippen molar-refractivity contribution in [1.82, 2.24) is 15.3 Å². The lowest BCUT2D eigenvalue weighted by atomic mass is 10.1. The van der Waals surface area contributed by atoms with Crippen LogP contribution in [0.25, 0.3) is 10.8 Å². The molecule has 3 aromatic rings. The van der Waals surface area contributed by atoms with Crippen LogP contribution in [0.3, 0.4) is 0 Å². The molecular formula is C17H17N3. The van der Waals surface area contributed by atoms with Gasteiger partial charge in [0.25, 0.3) is 0 Å². The van der Waals surface area contributed by atoms with E-state index in [9.17, 15) is 0 Å². The molecule has 2 heterocycles. The van der Waals surface area contributed by atoms with Gasteiger partial charge in [-0.2, -0.15) is 0 Å². The average molecular weight is 263 g/mol. The zero-order chi connectivity index (χ0) is 13.8. The Morgan fingerprint density at radius 1 is 1.00 bits per heavy atom. The monoisotopic (exact) mass is 263 g/mol. The minimum absolute atomic E-state index is 0.289. The van der Waals surface area contributed by atoms with Gasteiger partial charge in [0.15, 0.2) is 0 Å². The first-order valence-corrected chi connectivity index (χ1v) is 6.79. The van der Waals surface area contributed by atoms with Crippen molar-refractivity contribution in [3.63, 3.8) is 0 Å². The van der Waals surface area contributed by atoms with Gasteiger partial charge >= 0.3 is 0 Å². The first kappa shape index (κ1) is 12.8. The molecule has 0 saturated carbocycles. The third-order valence-corrected chi connectivity index (χ3v) is 3.56. The number of fused-ring (bicyclic) bond motifs is 1. The summed E-state index contributed by atoms with van der Waals surface area (Å²) in [5.74, 6) is 0. The Kier molecular flexibility index (Phi) is 3.70. The second kappa shape index (κ2) is 5.80. The van der Waals surface area contributed by atoms with E-state index in [1.54, 1.807) is 0 Å². The molecule has 0 radical (unpaired) electrons. The van der Waals surface area contributed by atoms with E-state index in [1.807, 2.05) is 43.0 Å². The first-order valence-electron chi connectivity index (χ1n) is 6.79. The first-order chi connectivity index (χ1) is 9.84. The lowest BCUT2D eigenvalue weighted by Gasteiger charge is -2.14. The number of nitrogens with one attached hydrogen (secondary N) is 1. The van der Waals surface area contributed by atoms with Crippen LogP contribution in [-0.4, -0.2) is 9.97 Å². The van der Waals surface area contributed by atoms with Crippen LogP contribution in [0.15, 0.2) is 61.2 Å². The molecule has 0 aliphatic rings. The topological polar surface area (TPSA) is 37.8 Å². The zero-order valence-electron chi connectivity index (χ0n) is 11.5. The van der Waals surface area contributed by atoms with Crippen LogP contribution >= 0.6 is 0 Å². The molecule has 1 atom stereocenters. The quantitative estimate of drug-likeness (QED) is 0.783. The Labute approximate surface area is 118 Å². The lowest BCUT2D eigenvalue weighted by Crippen LogP contribution is -2.18. The summed E-state index contributed by atoms with van der Waals surface area (Å²) in [5, 5.41) is 5.98. The number of benzene rings is 1. The van der Waals surface area contributed by atoms with E-state index in [-0.39, 0.29) is 6.04 Å². The minimum Gasteiger partial charge on any atom is -0.306 e. The van der Waals surface area contributed by atoms with Gasteiger partial charge in [-0.1, -0.05) is 24.3 Å². The largest absolute Gasteiger partial charge is 0.306 e. The van der Waals surface area contributed by atoms with Gasteiger partial charge in [0.2, 0.25) is 0 Å². The van der Waals surface area contributed by atoms with Crippen LogP contribution in [0, 0.1) is 0 Å². The van der Waals surface area contributed by atoms with Gasteiger partial charge in [-0.05, 0) is 35.6 Å². The SMILES string of the molecule is C[C@@H](NCc1cncc2ccccc12)c1ccncc1. The molecule has 20 heavy (non-hydrogen) atoms. The van der Waals surface area contributed by atoms with Crippen LogP contribution in [0.5, 0.6) is 0 Å². The van der Waals surface area contributed by atoms with Crippen molar-refractivity contribution in [2.45, 2.75) is 19.5 Å². The molecule has 3 nitrogen and oxygen atoms in total. The highest BCUT2D eigenvalue weighted by atomic mass is 14.9. The third-order valence-electron chi connectivity index (χ3n) is 3.56.